The van der Waals surface area contributed by atoms with Gasteiger partial charge in [0.25, 0.3) is 0 Å². The predicted molar refractivity (Wildman–Crippen MR) is 62.1 cm³/mol. The molecule has 15 heavy (non-hydrogen) atoms. The molecule has 0 spiro atoms. The van der Waals surface area contributed by atoms with Crippen LogP contribution in [-0.4, -0.2) is 22.6 Å². The van der Waals surface area contributed by atoms with Gasteiger partial charge in [0.05, 0.1) is 12.0 Å². The highest BCUT2D eigenvalue weighted by molar-refractivity contribution is 5.21. The van der Waals surface area contributed by atoms with Crippen LogP contribution in [0.15, 0.2) is 6.33 Å². The number of imidazole rings is 1. The number of hydrogen-bond acceptors (Lipinski definition) is 2. The minimum absolute atomic E-state index is 0.538. The Morgan fingerprint density at radius 3 is 2.67 bits per heavy atom. The lowest BCUT2D eigenvalue weighted by atomic mass is 9.90. The molecule has 0 unspecified atom stereocenters. The summed E-state index contributed by atoms with van der Waals surface area (Å²) < 4.78 is 2.21. The average Bonchev–Trinajstić information content (AvgIpc) is 2.61. The third-order valence-electron chi connectivity index (χ3n) is 3.29. The number of piperidine rings is 1. The van der Waals surface area contributed by atoms with E-state index in [9.17, 15) is 0 Å². The molecule has 2 heterocycles. The Balaban J connectivity index is 2.28. The number of rotatable bonds is 2. The fourth-order valence-electron chi connectivity index (χ4n) is 2.50. The van der Waals surface area contributed by atoms with E-state index in [2.05, 4.69) is 35.8 Å². The van der Waals surface area contributed by atoms with Crippen LogP contribution in [0.2, 0.25) is 0 Å². The van der Waals surface area contributed by atoms with E-state index in [1.165, 1.54) is 24.2 Å². The van der Waals surface area contributed by atoms with Crippen molar-refractivity contribution in [2.75, 3.05) is 13.1 Å². The third kappa shape index (κ3) is 2.07. The van der Waals surface area contributed by atoms with Gasteiger partial charge in [-0.1, -0.05) is 13.8 Å². The lowest BCUT2D eigenvalue weighted by molar-refractivity contribution is 0.441. The third-order valence-corrected chi connectivity index (χ3v) is 3.29. The minimum atomic E-state index is 0.538. The summed E-state index contributed by atoms with van der Waals surface area (Å²) in [5.41, 5.74) is 2.76. The summed E-state index contributed by atoms with van der Waals surface area (Å²) in [7, 11) is 2.12. The molecule has 0 bridgehead atoms. The van der Waals surface area contributed by atoms with Gasteiger partial charge >= 0.3 is 0 Å². The second-order valence-electron chi connectivity index (χ2n) is 4.80. The SMILES string of the molecule is CC(C)c1ncn(C)c1C1CCNCC1. The first-order chi connectivity index (χ1) is 7.20. The quantitative estimate of drug-likeness (QED) is 0.804. The molecular formula is C12H21N3. The molecule has 0 atom stereocenters. The van der Waals surface area contributed by atoms with Crippen molar-refractivity contribution in [3.8, 4) is 0 Å². The van der Waals surface area contributed by atoms with Crippen molar-refractivity contribution >= 4 is 0 Å². The molecule has 0 saturated carbocycles. The molecule has 1 saturated heterocycles. The molecular weight excluding hydrogens is 186 g/mol. The Hall–Kier alpha value is -0.830. The largest absolute Gasteiger partial charge is 0.337 e. The van der Waals surface area contributed by atoms with Gasteiger partial charge in [0.15, 0.2) is 0 Å². The van der Waals surface area contributed by atoms with Crippen molar-refractivity contribution in [1.82, 2.24) is 14.9 Å². The van der Waals surface area contributed by atoms with Crippen LogP contribution < -0.4 is 5.32 Å². The van der Waals surface area contributed by atoms with E-state index in [4.69, 9.17) is 0 Å². The molecule has 1 fully saturated rings. The monoisotopic (exact) mass is 207 g/mol. The van der Waals surface area contributed by atoms with Gasteiger partial charge < -0.3 is 9.88 Å². The van der Waals surface area contributed by atoms with Crippen LogP contribution in [0.25, 0.3) is 0 Å². The summed E-state index contributed by atoms with van der Waals surface area (Å²) in [4.78, 5) is 4.53. The zero-order chi connectivity index (χ0) is 10.8. The lowest BCUT2D eigenvalue weighted by Gasteiger charge is -2.24. The van der Waals surface area contributed by atoms with Crippen molar-refractivity contribution in [2.24, 2.45) is 7.05 Å². The zero-order valence-corrected chi connectivity index (χ0v) is 9.95. The van der Waals surface area contributed by atoms with Gasteiger partial charge in [-0.2, -0.15) is 0 Å². The number of aryl methyl sites for hydroxylation is 1. The van der Waals surface area contributed by atoms with Crippen LogP contribution in [-0.2, 0) is 7.05 Å². The number of hydrogen-bond donors (Lipinski definition) is 1. The van der Waals surface area contributed by atoms with E-state index in [0.29, 0.717) is 11.8 Å². The van der Waals surface area contributed by atoms with Gasteiger partial charge in [0.2, 0.25) is 0 Å². The van der Waals surface area contributed by atoms with E-state index >= 15 is 0 Å². The molecule has 1 aliphatic heterocycles. The summed E-state index contributed by atoms with van der Waals surface area (Å²) in [5.74, 6) is 1.24. The van der Waals surface area contributed by atoms with Crippen LogP contribution in [0.5, 0.6) is 0 Å². The van der Waals surface area contributed by atoms with Gasteiger partial charge in [-0.05, 0) is 31.8 Å². The molecule has 1 aliphatic rings. The number of aromatic nitrogens is 2. The molecule has 3 nitrogen and oxygen atoms in total. The molecule has 3 heteroatoms. The van der Waals surface area contributed by atoms with Crippen molar-refractivity contribution in [2.45, 2.75) is 38.5 Å². The van der Waals surface area contributed by atoms with E-state index < -0.39 is 0 Å². The Bertz CT molecular complexity index is 322. The Kier molecular flexibility index (Phi) is 3.10. The van der Waals surface area contributed by atoms with Gasteiger partial charge in [-0.3, -0.25) is 0 Å². The number of nitrogens with one attached hydrogen (secondary N) is 1. The minimum Gasteiger partial charge on any atom is -0.337 e. The van der Waals surface area contributed by atoms with Crippen LogP contribution in [0.4, 0.5) is 0 Å². The Morgan fingerprint density at radius 2 is 2.07 bits per heavy atom. The lowest BCUT2D eigenvalue weighted by Crippen LogP contribution is -2.28. The first-order valence-corrected chi connectivity index (χ1v) is 5.92. The van der Waals surface area contributed by atoms with Crippen molar-refractivity contribution < 1.29 is 0 Å². The van der Waals surface area contributed by atoms with Crippen molar-refractivity contribution in [1.29, 1.82) is 0 Å². The average molecular weight is 207 g/mol. The summed E-state index contributed by atoms with van der Waals surface area (Å²) in [6.07, 6.45) is 4.46. The molecule has 0 amide bonds. The second kappa shape index (κ2) is 4.35. The van der Waals surface area contributed by atoms with Crippen molar-refractivity contribution in [3.63, 3.8) is 0 Å². The molecule has 84 valence electrons. The molecule has 0 aromatic carbocycles. The summed E-state index contributed by atoms with van der Waals surface area (Å²) in [6, 6.07) is 0. The van der Waals surface area contributed by atoms with Crippen LogP contribution >= 0.6 is 0 Å². The highest BCUT2D eigenvalue weighted by atomic mass is 15.0. The Labute approximate surface area is 91.9 Å². The number of nitrogens with zero attached hydrogens (tertiary/aromatic N) is 2. The molecule has 2 rings (SSSR count). The molecule has 1 aromatic rings. The maximum atomic E-state index is 4.53. The van der Waals surface area contributed by atoms with Gasteiger partial charge in [0, 0.05) is 18.7 Å². The molecule has 1 N–H and O–H groups in total. The van der Waals surface area contributed by atoms with E-state index in [0.717, 1.165) is 13.1 Å². The normalized spacial score (nSPS) is 18.7. The van der Waals surface area contributed by atoms with Gasteiger partial charge in [-0.15, -0.1) is 0 Å². The van der Waals surface area contributed by atoms with Crippen LogP contribution in [0.1, 0.15) is 49.9 Å². The van der Waals surface area contributed by atoms with E-state index in [1.807, 2.05) is 6.33 Å². The smallest absolute Gasteiger partial charge is 0.0949 e. The maximum absolute atomic E-state index is 4.53. The van der Waals surface area contributed by atoms with E-state index in [-0.39, 0.29) is 0 Å². The summed E-state index contributed by atoms with van der Waals surface area (Å²) in [5, 5.41) is 3.42. The molecule has 0 radical (unpaired) electrons. The van der Waals surface area contributed by atoms with E-state index in [1.54, 1.807) is 0 Å². The maximum Gasteiger partial charge on any atom is 0.0949 e. The first kappa shape index (κ1) is 10.7. The topological polar surface area (TPSA) is 29.9 Å². The van der Waals surface area contributed by atoms with Gasteiger partial charge in [0.1, 0.15) is 0 Å². The fraction of sp³-hybridized carbons (Fsp3) is 0.750. The second-order valence-corrected chi connectivity index (χ2v) is 4.80. The summed E-state index contributed by atoms with van der Waals surface area (Å²) >= 11 is 0. The highest BCUT2D eigenvalue weighted by Crippen LogP contribution is 2.30. The van der Waals surface area contributed by atoms with Crippen LogP contribution in [0.3, 0.4) is 0 Å². The first-order valence-electron chi connectivity index (χ1n) is 5.92. The fourth-order valence-corrected chi connectivity index (χ4v) is 2.50. The summed E-state index contributed by atoms with van der Waals surface area (Å²) in [6.45, 7) is 6.75. The molecule has 0 aliphatic carbocycles. The van der Waals surface area contributed by atoms with Crippen molar-refractivity contribution in [3.05, 3.63) is 17.7 Å². The Morgan fingerprint density at radius 1 is 1.40 bits per heavy atom. The van der Waals surface area contributed by atoms with Gasteiger partial charge in [-0.25, -0.2) is 4.98 Å². The molecule has 1 aromatic heterocycles. The standard InChI is InChI=1S/C12H21N3/c1-9(2)11-12(15(3)8-14-11)10-4-6-13-7-5-10/h8-10,13H,4-7H2,1-3H3. The van der Waals surface area contributed by atoms with Crippen LogP contribution in [0, 0.1) is 0 Å². The predicted octanol–water partition coefficient (Wildman–Crippen LogP) is 2.01. The highest BCUT2D eigenvalue weighted by Gasteiger charge is 2.22. The zero-order valence-electron chi connectivity index (χ0n) is 9.95.